The van der Waals surface area contributed by atoms with Crippen LogP contribution in [0.15, 0.2) is 60.8 Å². The van der Waals surface area contributed by atoms with Crippen LogP contribution in [0.4, 0.5) is 32.6 Å². The lowest BCUT2D eigenvalue weighted by Gasteiger charge is -2.39. The molecule has 4 heterocycles. The number of hydrogen-bond donors (Lipinski definition) is 1. The summed E-state index contributed by atoms with van der Waals surface area (Å²) in [6, 6.07) is 12.5. The number of rotatable bonds is 8. The first kappa shape index (κ1) is 33.6. The van der Waals surface area contributed by atoms with Gasteiger partial charge in [0.2, 0.25) is 5.88 Å². The Morgan fingerprint density at radius 1 is 1.04 bits per heavy atom. The lowest BCUT2D eigenvalue weighted by atomic mass is 9.96. The first-order valence-corrected chi connectivity index (χ1v) is 15.2. The molecule has 2 aromatic heterocycles. The molecule has 1 N–H and O–H groups in total. The molecule has 2 aromatic carbocycles. The molecule has 2 saturated heterocycles. The third kappa shape index (κ3) is 6.59. The lowest BCUT2D eigenvalue weighted by Crippen LogP contribution is -2.56. The molecular weight excluding hydrogens is 651 g/mol. The minimum atomic E-state index is -4.60. The predicted octanol–water partition coefficient (Wildman–Crippen LogP) is 7.69. The monoisotopic (exact) mass is 682 g/mol. The van der Waals surface area contributed by atoms with Crippen LogP contribution >= 0.6 is 0 Å². The van der Waals surface area contributed by atoms with Crippen LogP contribution in [-0.4, -0.2) is 64.2 Å². The number of aromatic nitrogens is 2. The molecule has 0 saturated carbocycles. The molecule has 6 rings (SSSR count). The Balaban J connectivity index is 1.41. The highest BCUT2D eigenvalue weighted by Crippen LogP contribution is 2.41. The summed E-state index contributed by atoms with van der Waals surface area (Å²) in [4.78, 5) is 36.7. The third-order valence-electron chi connectivity index (χ3n) is 8.71. The minimum absolute atomic E-state index is 0.117. The van der Waals surface area contributed by atoms with Crippen LogP contribution in [0.1, 0.15) is 51.3 Å². The molecule has 2 aliphatic rings. The van der Waals surface area contributed by atoms with E-state index in [9.17, 15) is 36.6 Å². The molecule has 49 heavy (non-hydrogen) atoms. The van der Waals surface area contributed by atoms with Gasteiger partial charge in [-0.1, -0.05) is 17.7 Å². The molecule has 14 heteroatoms. The van der Waals surface area contributed by atoms with E-state index in [-0.39, 0.29) is 35.1 Å². The van der Waals surface area contributed by atoms with Gasteiger partial charge in [-0.25, -0.2) is 28.3 Å². The maximum Gasteiger partial charge on any atom is 0.416 e. The lowest BCUT2D eigenvalue weighted by molar-refractivity contribution is -0.137. The fourth-order valence-corrected chi connectivity index (χ4v) is 6.24. The molecule has 0 radical (unpaired) electrons. The number of anilines is 1. The Labute approximate surface area is 277 Å². The molecule has 2 aliphatic heterocycles. The van der Waals surface area contributed by atoms with Gasteiger partial charge in [-0.2, -0.15) is 13.2 Å². The summed E-state index contributed by atoms with van der Waals surface area (Å²) in [7, 11) is 1.42. The third-order valence-corrected chi connectivity index (χ3v) is 8.71. The zero-order chi connectivity index (χ0) is 35.4. The van der Waals surface area contributed by atoms with Gasteiger partial charge < -0.3 is 19.5 Å². The number of carboxylic acid groups (broad SMARTS) is 1. The van der Waals surface area contributed by atoms with Crippen molar-refractivity contribution in [3.8, 4) is 28.1 Å². The smallest absolute Gasteiger partial charge is 0.416 e. The van der Waals surface area contributed by atoms with Crippen LogP contribution in [0.3, 0.4) is 0 Å². The summed E-state index contributed by atoms with van der Waals surface area (Å²) in [5.41, 5.74) is 2.98. The molecule has 0 bridgehead atoms. The van der Waals surface area contributed by atoms with Gasteiger partial charge in [0.15, 0.2) is 0 Å². The van der Waals surface area contributed by atoms with E-state index in [0.29, 0.717) is 33.4 Å². The number of nitrogens with zero attached hydrogens (tertiary/aromatic N) is 4. The number of carboxylic acids is 1. The minimum Gasteiger partial charge on any atom is -0.481 e. The second-order valence-electron chi connectivity index (χ2n) is 12.3. The number of carbonyl (C=O) groups is 2. The summed E-state index contributed by atoms with van der Waals surface area (Å²) in [6.45, 7) is 3.68. The van der Waals surface area contributed by atoms with Crippen LogP contribution in [0.5, 0.6) is 5.88 Å². The molecule has 2 atom stereocenters. The van der Waals surface area contributed by atoms with Gasteiger partial charge in [-0.15, -0.1) is 0 Å². The molecule has 2 fully saturated rings. The van der Waals surface area contributed by atoms with Gasteiger partial charge in [-0.3, -0.25) is 4.90 Å². The summed E-state index contributed by atoms with van der Waals surface area (Å²) in [6.07, 6.45) is -4.84. The number of carbonyl (C=O) groups excluding carboxylic acids is 1. The summed E-state index contributed by atoms with van der Waals surface area (Å²) < 4.78 is 79.7. The number of methoxy groups -OCH3 is 1. The Hall–Kier alpha value is -5.27. The van der Waals surface area contributed by atoms with Crippen molar-refractivity contribution in [1.29, 1.82) is 0 Å². The van der Waals surface area contributed by atoms with Crippen LogP contribution in [0, 0.1) is 13.8 Å². The normalized spacial score (nSPS) is 18.7. The molecule has 1 amide bonds. The fourth-order valence-electron chi connectivity index (χ4n) is 6.24. The largest absolute Gasteiger partial charge is 0.481 e. The van der Waals surface area contributed by atoms with Crippen molar-refractivity contribution in [2.24, 2.45) is 0 Å². The standard InChI is InChI=1S/C35H31F5N4O5/c1-18-9-22(12-24(10-18)35(38,39)40)30-20(3)44(33(47)49-30)15-28-26(7-8-29(42-28)43-16-34(36,37)17-43)27-13-23(14-41-31(27)48-4)25-6-5-21(32(45)46)11-19(25)2/h5-14,20,30H,15-17H2,1-4H3,(H,45,46)/t20-,30-/m0/s1. The predicted molar refractivity (Wildman–Crippen MR) is 169 cm³/mol. The van der Waals surface area contributed by atoms with Gasteiger partial charge >= 0.3 is 18.2 Å². The first-order chi connectivity index (χ1) is 23.0. The van der Waals surface area contributed by atoms with Gasteiger partial charge in [0.1, 0.15) is 11.9 Å². The van der Waals surface area contributed by atoms with E-state index >= 15 is 0 Å². The average Bonchev–Trinajstić information content (AvgIpc) is 3.31. The number of ether oxygens (including phenoxy) is 2. The number of cyclic esters (lactones) is 1. The maximum absolute atomic E-state index is 13.8. The second-order valence-corrected chi connectivity index (χ2v) is 12.3. The zero-order valence-corrected chi connectivity index (χ0v) is 26.8. The highest BCUT2D eigenvalue weighted by Gasteiger charge is 2.45. The summed E-state index contributed by atoms with van der Waals surface area (Å²) in [5, 5.41) is 9.40. The molecule has 256 valence electrons. The van der Waals surface area contributed by atoms with E-state index < -0.39 is 55.0 Å². The average molecular weight is 683 g/mol. The molecule has 9 nitrogen and oxygen atoms in total. The first-order valence-electron chi connectivity index (χ1n) is 15.2. The van der Waals surface area contributed by atoms with Crippen molar-refractivity contribution >= 4 is 17.9 Å². The van der Waals surface area contributed by atoms with Crippen molar-refractivity contribution in [2.75, 3.05) is 25.1 Å². The number of aromatic carboxylic acids is 1. The molecular formula is C35H31F5N4O5. The van der Waals surface area contributed by atoms with Crippen LogP contribution < -0.4 is 9.64 Å². The van der Waals surface area contributed by atoms with E-state index in [0.717, 1.165) is 12.1 Å². The Kier molecular flexibility index (Phi) is 8.45. The van der Waals surface area contributed by atoms with Gasteiger partial charge in [0.05, 0.1) is 49.6 Å². The topological polar surface area (TPSA) is 105 Å². The van der Waals surface area contributed by atoms with Crippen molar-refractivity contribution < 1.29 is 46.1 Å². The molecule has 0 spiro atoms. The number of halogens is 5. The van der Waals surface area contributed by atoms with Crippen molar-refractivity contribution in [1.82, 2.24) is 14.9 Å². The van der Waals surface area contributed by atoms with Gasteiger partial charge in [0.25, 0.3) is 5.92 Å². The molecule has 0 aliphatic carbocycles. The molecule has 4 aromatic rings. The van der Waals surface area contributed by atoms with E-state index in [1.54, 1.807) is 44.3 Å². The Morgan fingerprint density at radius 2 is 1.76 bits per heavy atom. The summed E-state index contributed by atoms with van der Waals surface area (Å²) in [5.74, 6) is -3.50. The number of aryl methyl sites for hydroxylation is 2. The van der Waals surface area contributed by atoms with Crippen molar-refractivity contribution in [3.63, 3.8) is 0 Å². The van der Waals surface area contributed by atoms with E-state index in [2.05, 4.69) is 4.98 Å². The van der Waals surface area contributed by atoms with Crippen LogP contribution in [-0.2, 0) is 17.5 Å². The maximum atomic E-state index is 13.8. The Morgan fingerprint density at radius 3 is 2.39 bits per heavy atom. The number of alkyl halides is 5. The second kappa shape index (κ2) is 12.3. The Bertz CT molecular complexity index is 1960. The quantitative estimate of drug-likeness (QED) is 0.189. The van der Waals surface area contributed by atoms with Crippen molar-refractivity contribution in [3.05, 3.63) is 94.3 Å². The van der Waals surface area contributed by atoms with E-state index in [1.807, 2.05) is 0 Å². The van der Waals surface area contributed by atoms with Crippen molar-refractivity contribution in [2.45, 2.75) is 51.6 Å². The highest BCUT2D eigenvalue weighted by molar-refractivity contribution is 5.89. The highest BCUT2D eigenvalue weighted by atomic mass is 19.4. The fraction of sp³-hybridized carbons (Fsp3) is 0.314. The van der Waals surface area contributed by atoms with Gasteiger partial charge in [-0.05, 0) is 79.9 Å². The number of amides is 1. The van der Waals surface area contributed by atoms with E-state index in [4.69, 9.17) is 14.5 Å². The number of pyridine rings is 2. The van der Waals surface area contributed by atoms with Crippen LogP contribution in [0.2, 0.25) is 0 Å². The number of hydrogen-bond acceptors (Lipinski definition) is 7. The SMILES string of the molecule is COc1ncc(-c2ccc(C(=O)O)cc2C)cc1-c1ccc(N2CC(F)(F)C2)nc1CN1C(=O)O[C@H](c2cc(C)cc(C(F)(F)F)c2)[C@@H]1C. The summed E-state index contributed by atoms with van der Waals surface area (Å²) >= 11 is 0. The van der Waals surface area contributed by atoms with Crippen LogP contribution in [0.25, 0.3) is 22.3 Å². The van der Waals surface area contributed by atoms with Gasteiger partial charge in [0, 0.05) is 22.9 Å². The van der Waals surface area contributed by atoms with E-state index in [1.165, 1.54) is 42.0 Å². The molecule has 0 unspecified atom stereocenters. The number of benzene rings is 2. The zero-order valence-electron chi connectivity index (χ0n) is 26.8.